The van der Waals surface area contributed by atoms with Crippen LogP contribution in [0.5, 0.6) is 0 Å². The highest BCUT2D eigenvalue weighted by Gasteiger charge is 2.25. The van der Waals surface area contributed by atoms with E-state index in [0.29, 0.717) is 31.6 Å². The van der Waals surface area contributed by atoms with Gasteiger partial charge >= 0.3 is 6.09 Å². The first-order valence-corrected chi connectivity index (χ1v) is 11.7. The summed E-state index contributed by atoms with van der Waals surface area (Å²) in [7, 11) is -0.502. The monoisotopic (exact) mass is 455 g/mol. The van der Waals surface area contributed by atoms with Gasteiger partial charge in [0.05, 0.1) is 22.1 Å². The van der Waals surface area contributed by atoms with Gasteiger partial charge in [-0.2, -0.15) is 5.10 Å². The number of hydrogen-bond acceptors (Lipinski definition) is 6. The zero-order chi connectivity index (χ0) is 23.8. The lowest BCUT2D eigenvalue weighted by Crippen LogP contribution is -2.37. The molecule has 1 aromatic carbocycles. The van der Waals surface area contributed by atoms with Crippen molar-refractivity contribution in [2.24, 2.45) is 5.10 Å². The van der Waals surface area contributed by atoms with Crippen LogP contribution in [0.3, 0.4) is 0 Å². The Balaban J connectivity index is 3.03. The highest BCUT2D eigenvalue weighted by molar-refractivity contribution is 7.96. The van der Waals surface area contributed by atoms with E-state index in [9.17, 15) is 17.6 Å². The maximum atomic E-state index is 13.2. The summed E-state index contributed by atoms with van der Waals surface area (Å²) in [5.74, 6) is -0.502. The Hall–Kier alpha value is -2.42. The minimum atomic E-state index is -3.85. The van der Waals surface area contributed by atoms with Crippen LogP contribution in [0.2, 0.25) is 0 Å². The fourth-order valence-electron chi connectivity index (χ4n) is 2.58. The van der Waals surface area contributed by atoms with Gasteiger partial charge in [-0.25, -0.2) is 17.6 Å². The molecule has 1 amide bonds. The zero-order valence-corrected chi connectivity index (χ0v) is 20.3. The average molecular weight is 456 g/mol. The number of halogens is 1. The number of carbonyl (C=O) groups is 1. The van der Waals surface area contributed by atoms with E-state index in [1.54, 1.807) is 46.0 Å². The largest absolute Gasteiger partial charge is 0.444 e. The third kappa shape index (κ3) is 8.32. The number of likely N-dealkylation sites (N-methyl/N-ethyl adjacent to an activating group) is 2. The minimum Gasteiger partial charge on any atom is -0.444 e. The Morgan fingerprint density at radius 2 is 1.71 bits per heavy atom. The molecular weight excluding hydrogens is 421 g/mol. The van der Waals surface area contributed by atoms with Crippen LogP contribution >= 0.6 is 0 Å². The quantitative estimate of drug-likeness (QED) is 0.312. The molecule has 0 heterocycles. The number of hydrazone groups is 1. The maximum Gasteiger partial charge on any atom is 0.410 e. The van der Waals surface area contributed by atoms with Crippen molar-refractivity contribution in [3.05, 3.63) is 41.1 Å². The number of rotatable bonds is 9. The van der Waals surface area contributed by atoms with Crippen LogP contribution < -0.4 is 0 Å². The van der Waals surface area contributed by atoms with Crippen LogP contribution in [0.1, 0.15) is 47.5 Å². The van der Waals surface area contributed by atoms with E-state index in [0.717, 1.165) is 12.1 Å². The zero-order valence-electron chi connectivity index (χ0n) is 19.5. The minimum absolute atomic E-state index is 0.0158. The molecule has 0 unspecified atom stereocenters. The van der Waals surface area contributed by atoms with Gasteiger partial charge in [0.15, 0.2) is 0 Å². The van der Waals surface area contributed by atoms with Crippen molar-refractivity contribution in [1.29, 1.82) is 0 Å². The van der Waals surface area contributed by atoms with E-state index in [1.807, 2.05) is 13.8 Å². The van der Waals surface area contributed by atoms with E-state index in [1.165, 1.54) is 17.0 Å². The first-order chi connectivity index (χ1) is 14.3. The van der Waals surface area contributed by atoms with E-state index in [2.05, 4.69) is 5.10 Å². The van der Waals surface area contributed by atoms with Gasteiger partial charge in [0.25, 0.3) is 0 Å². The molecule has 0 aliphatic heterocycles. The molecule has 7 nitrogen and oxygen atoms in total. The van der Waals surface area contributed by atoms with Crippen molar-refractivity contribution in [3.8, 4) is 0 Å². The summed E-state index contributed by atoms with van der Waals surface area (Å²) in [5, 5.41) is 6.08. The Morgan fingerprint density at radius 1 is 1.13 bits per heavy atom. The van der Waals surface area contributed by atoms with Gasteiger partial charge in [-0.15, -0.1) is 0 Å². The van der Waals surface area contributed by atoms with Crippen molar-refractivity contribution < 1.29 is 22.3 Å². The number of sulfone groups is 1. The van der Waals surface area contributed by atoms with Crippen molar-refractivity contribution in [3.63, 3.8) is 0 Å². The normalized spacial score (nSPS) is 13.2. The number of benzene rings is 1. The standard InChI is InChI=1S/C22H34FN3O4S/c1-8-10-20(31(28,29)18-13-11-17(23)12-14-18)19(9-2)24-26(7)16-15-25(6)21(27)30-22(3,4)5/h10-14H,8-9,15-16H2,1-7H3/b20-10-,24-19-. The summed E-state index contributed by atoms with van der Waals surface area (Å²) in [6, 6.07) is 4.75. The van der Waals surface area contributed by atoms with E-state index in [-0.39, 0.29) is 9.80 Å². The first-order valence-electron chi connectivity index (χ1n) is 10.3. The SMILES string of the molecule is CC/C=C(/C(CC)=N\N(C)CCN(C)C(=O)OC(C)(C)C)S(=O)(=O)c1ccc(F)cc1. The topological polar surface area (TPSA) is 79.3 Å². The lowest BCUT2D eigenvalue weighted by molar-refractivity contribution is 0.0287. The van der Waals surface area contributed by atoms with Crippen molar-refractivity contribution in [2.45, 2.75) is 58.0 Å². The molecule has 1 aromatic rings. The first kappa shape index (κ1) is 26.6. The van der Waals surface area contributed by atoms with Gasteiger partial charge < -0.3 is 9.64 Å². The van der Waals surface area contributed by atoms with Gasteiger partial charge in [-0.05, 0) is 57.9 Å². The van der Waals surface area contributed by atoms with Gasteiger partial charge in [0, 0.05) is 20.6 Å². The molecule has 0 aromatic heterocycles. The summed E-state index contributed by atoms with van der Waals surface area (Å²) < 4.78 is 44.9. The second-order valence-electron chi connectivity index (χ2n) is 8.12. The number of ether oxygens (including phenoxy) is 1. The summed E-state index contributed by atoms with van der Waals surface area (Å²) in [6.07, 6.45) is 2.06. The number of nitrogens with zero attached hydrogens (tertiary/aromatic N) is 3. The molecule has 174 valence electrons. The summed E-state index contributed by atoms with van der Waals surface area (Å²) in [4.78, 5) is 13.7. The molecule has 0 N–H and O–H groups in total. The molecule has 0 bridgehead atoms. The Morgan fingerprint density at radius 3 is 2.19 bits per heavy atom. The molecule has 1 rings (SSSR count). The number of amides is 1. The van der Waals surface area contributed by atoms with Gasteiger partial charge in [0.1, 0.15) is 11.4 Å². The molecular formula is C22H34FN3O4S. The third-order valence-electron chi connectivity index (χ3n) is 4.18. The predicted molar refractivity (Wildman–Crippen MR) is 121 cm³/mol. The van der Waals surface area contributed by atoms with Crippen molar-refractivity contribution in [1.82, 2.24) is 9.91 Å². The fraction of sp³-hybridized carbons (Fsp3) is 0.545. The third-order valence-corrected chi connectivity index (χ3v) is 6.05. The number of hydrogen-bond donors (Lipinski definition) is 0. The molecule has 0 spiro atoms. The van der Waals surface area contributed by atoms with E-state index in [4.69, 9.17) is 4.74 Å². The lowest BCUT2D eigenvalue weighted by Gasteiger charge is -2.26. The Labute approximate surface area is 185 Å². The molecule has 0 aliphatic carbocycles. The highest BCUT2D eigenvalue weighted by atomic mass is 32.2. The molecule has 0 aliphatic rings. The van der Waals surface area contributed by atoms with Crippen molar-refractivity contribution in [2.75, 3.05) is 27.2 Å². The molecule has 0 atom stereocenters. The van der Waals surface area contributed by atoms with Gasteiger partial charge in [0.2, 0.25) is 9.84 Å². The van der Waals surface area contributed by atoms with Crippen LogP contribution in [0.15, 0.2) is 45.2 Å². The molecule has 9 heteroatoms. The van der Waals surface area contributed by atoms with Crippen LogP contribution in [-0.2, 0) is 14.6 Å². The summed E-state index contributed by atoms with van der Waals surface area (Å²) in [5.41, 5.74) is -0.187. The number of carbonyl (C=O) groups excluding carboxylic acids is 1. The van der Waals surface area contributed by atoms with E-state index >= 15 is 0 Å². The average Bonchev–Trinajstić information content (AvgIpc) is 2.67. The molecule has 0 radical (unpaired) electrons. The highest BCUT2D eigenvalue weighted by Crippen LogP contribution is 2.23. The second kappa shape index (κ2) is 11.3. The van der Waals surface area contributed by atoms with Crippen LogP contribution in [0.4, 0.5) is 9.18 Å². The maximum absolute atomic E-state index is 13.2. The summed E-state index contributed by atoms with van der Waals surface area (Å²) >= 11 is 0. The van der Waals surface area contributed by atoms with Crippen LogP contribution in [-0.4, -0.2) is 62.9 Å². The molecule has 0 fully saturated rings. The molecule has 0 saturated heterocycles. The smallest absolute Gasteiger partial charge is 0.410 e. The number of allylic oxidation sites excluding steroid dienone is 2. The molecule has 0 saturated carbocycles. The van der Waals surface area contributed by atoms with Gasteiger partial charge in [-0.3, -0.25) is 5.01 Å². The summed E-state index contributed by atoms with van der Waals surface area (Å²) in [6.45, 7) is 9.79. The van der Waals surface area contributed by atoms with E-state index < -0.39 is 27.3 Å². The van der Waals surface area contributed by atoms with Crippen molar-refractivity contribution >= 4 is 21.6 Å². The second-order valence-corrected chi connectivity index (χ2v) is 10.0. The molecule has 31 heavy (non-hydrogen) atoms. The fourth-order valence-corrected chi connectivity index (χ4v) is 4.21. The van der Waals surface area contributed by atoms with Crippen LogP contribution in [0.25, 0.3) is 0 Å². The van der Waals surface area contributed by atoms with Gasteiger partial charge in [-0.1, -0.05) is 19.9 Å². The lowest BCUT2D eigenvalue weighted by atomic mass is 10.2. The Bertz CT molecular complexity index is 904. The Kier molecular flexibility index (Phi) is 9.68. The predicted octanol–water partition coefficient (Wildman–Crippen LogP) is 4.46. The van der Waals surface area contributed by atoms with Crippen LogP contribution in [0, 0.1) is 5.82 Å².